The summed E-state index contributed by atoms with van der Waals surface area (Å²) in [6.45, 7) is 2.10. The normalized spacial score (nSPS) is 10.7. The first-order valence-electron chi connectivity index (χ1n) is 8.28. The van der Waals surface area contributed by atoms with Crippen LogP contribution in [0, 0.1) is 5.82 Å². The summed E-state index contributed by atoms with van der Waals surface area (Å²) in [4.78, 5) is 22.4. The van der Waals surface area contributed by atoms with E-state index in [0.29, 0.717) is 30.0 Å². The van der Waals surface area contributed by atoms with Crippen LogP contribution in [0.25, 0.3) is 0 Å². The fourth-order valence-corrected chi connectivity index (χ4v) is 2.25. The lowest BCUT2D eigenvalue weighted by Gasteiger charge is -2.10. The Morgan fingerprint density at radius 3 is 2.56 bits per heavy atom. The van der Waals surface area contributed by atoms with Gasteiger partial charge in [0, 0.05) is 25.5 Å². The van der Waals surface area contributed by atoms with E-state index in [1.54, 1.807) is 18.2 Å². The maximum Gasteiger partial charge on any atom is 0.254 e. The Kier molecular flexibility index (Phi) is 7.28. The van der Waals surface area contributed by atoms with Gasteiger partial charge in [-0.25, -0.2) is 14.4 Å². The van der Waals surface area contributed by atoms with E-state index in [9.17, 15) is 9.18 Å². The fraction of sp³-hybridized carbons (Fsp3) is 0.389. The van der Waals surface area contributed by atoms with Crippen LogP contribution in [0.2, 0.25) is 0 Å². The highest BCUT2D eigenvalue weighted by atomic mass is 19.1. The molecule has 0 aliphatic carbocycles. The molecule has 0 bridgehead atoms. The third-order valence-electron chi connectivity index (χ3n) is 3.62. The number of rotatable bonds is 9. The molecule has 1 aromatic carbocycles. The Hall–Kier alpha value is -2.54. The van der Waals surface area contributed by atoms with Gasteiger partial charge >= 0.3 is 0 Å². The molecule has 0 spiro atoms. The van der Waals surface area contributed by atoms with E-state index >= 15 is 0 Å². The molecule has 1 heterocycles. The minimum absolute atomic E-state index is 0.259. The predicted octanol–water partition coefficient (Wildman–Crippen LogP) is 1.95. The molecule has 25 heavy (non-hydrogen) atoms. The second-order valence-corrected chi connectivity index (χ2v) is 5.98. The van der Waals surface area contributed by atoms with Crippen molar-refractivity contribution < 1.29 is 9.18 Å². The van der Waals surface area contributed by atoms with Gasteiger partial charge in [0.05, 0.1) is 5.56 Å². The highest BCUT2D eigenvalue weighted by Gasteiger charge is 2.07. The van der Waals surface area contributed by atoms with Crippen molar-refractivity contribution in [2.45, 2.75) is 12.8 Å². The molecule has 0 radical (unpaired) electrons. The smallest absolute Gasteiger partial charge is 0.254 e. The highest BCUT2D eigenvalue weighted by molar-refractivity contribution is 5.93. The number of hydrogen-bond donors (Lipinski definition) is 2. The molecule has 134 valence electrons. The van der Waals surface area contributed by atoms with E-state index < -0.39 is 0 Å². The van der Waals surface area contributed by atoms with Crippen molar-refractivity contribution in [3.05, 3.63) is 53.6 Å². The molecule has 0 saturated carbocycles. The fourth-order valence-electron chi connectivity index (χ4n) is 2.25. The molecule has 1 amide bonds. The Morgan fingerprint density at radius 1 is 1.16 bits per heavy atom. The SMILES string of the molecule is CN(C)CCCNc1ncc(C(=O)NCCc2ccccc2F)cn1. The average molecular weight is 345 g/mol. The van der Waals surface area contributed by atoms with Gasteiger partial charge in [-0.15, -0.1) is 0 Å². The number of carbonyl (C=O) groups is 1. The second-order valence-electron chi connectivity index (χ2n) is 5.98. The quantitative estimate of drug-likeness (QED) is 0.680. The van der Waals surface area contributed by atoms with Crippen molar-refractivity contribution in [2.24, 2.45) is 0 Å². The van der Waals surface area contributed by atoms with Crippen molar-refractivity contribution >= 4 is 11.9 Å². The number of carbonyl (C=O) groups excluding carboxylic acids is 1. The summed E-state index contributed by atoms with van der Waals surface area (Å²) < 4.78 is 13.5. The minimum atomic E-state index is -0.268. The Bertz CT molecular complexity index is 675. The van der Waals surface area contributed by atoms with Crippen LogP contribution in [-0.2, 0) is 6.42 Å². The molecule has 0 unspecified atom stereocenters. The van der Waals surface area contributed by atoms with Crippen LogP contribution < -0.4 is 10.6 Å². The van der Waals surface area contributed by atoms with Crippen LogP contribution in [0.1, 0.15) is 22.3 Å². The lowest BCUT2D eigenvalue weighted by molar-refractivity contribution is 0.0953. The van der Waals surface area contributed by atoms with Gasteiger partial charge in [-0.05, 0) is 45.1 Å². The molecule has 0 saturated heterocycles. The van der Waals surface area contributed by atoms with Crippen molar-refractivity contribution in [1.82, 2.24) is 20.2 Å². The lowest BCUT2D eigenvalue weighted by atomic mass is 10.1. The van der Waals surface area contributed by atoms with E-state index in [1.807, 2.05) is 14.1 Å². The summed E-state index contributed by atoms with van der Waals surface area (Å²) >= 11 is 0. The van der Waals surface area contributed by atoms with Crippen molar-refractivity contribution in [2.75, 3.05) is 39.0 Å². The number of amides is 1. The van der Waals surface area contributed by atoms with Gasteiger partial charge in [0.25, 0.3) is 5.91 Å². The van der Waals surface area contributed by atoms with Gasteiger partial charge in [0.15, 0.2) is 0 Å². The Morgan fingerprint density at radius 2 is 1.88 bits per heavy atom. The minimum Gasteiger partial charge on any atom is -0.354 e. The molecule has 2 aromatic rings. The van der Waals surface area contributed by atoms with E-state index in [4.69, 9.17) is 0 Å². The standard InChI is InChI=1S/C18H24FN5O/c1-24(2)11-5-9-21-18-22-12-15(13-23-18)17(25)20-10-8-14-6-3-4-7-16(14)19/h3-4,6-7,12-13H,5,8-11H2,1-2H3,(H,20,25)(H,21,22,23). The molecule has 7 heteroatoms. The Labute approximate surface area is 147 Å². The van der Waals surface area contributed by atoms with Gasteiger partial charge in [-0.1, -0.05) is 18.2 Å². The molecule has 0 atom stereocenters. The lowest BCUT2D eigenvalue weighted by Crippen LogP contribution is -2.26. The summed E-state index contributed by atoms with van der Waals surface area (Å²) in [5, 5.41) is 5.86. The van der Waals surface area contributed by atoms with E-state index in [1.165, 1.54) is 18.5 Å². The van der Waals surface area contributed by atoms with Gasteiger partial charge in [-0.3, -0.25) is 4.79 Å². The number of benzene rings is 1. The van der Waals surface area contributed by atoms with Gasteiger partial charge < -0.3 is 15.5 Å². The first-order valence-corrected chi connectivity index (χ1v) is 8.28. The molecule has 0 fully saturated rings. The summed E-state index contributed by atoms with van der Waals surface area (Å²) in [7, 11) is 4.05. The van der Waals surface area contributed by atoms with Gasteiger partial charge in [-0.2, -0.15) is 0 Å². The van der Waals surface area contributed by atoms with E-state index in [-0.39, 0.29) is 11.7 Å². The second kappa shape index (κ2) is 9.68. The maximum absolute atomic E-state index is 13.5. The topological polar surface area (TPSA) is 70.2 Å². The number of halogens is 1. The van der Waals surface area contributed by atoms with E-state index in [0.717, 1.165) is 19.5 Å². The molecule has 1 aromatic heterocycles. The van der Waals surface area contributed by atoms with Crippen LogP contribution in [0.15, 0.2) is 36.7 Å². The molecule has 0 aliphatic heterocycles. The first-order chi connectivity index (χ1) is 12.1. The van der Waals surface area contributed by atoms with Crippen molar-refractivity contribution in [1.29, 1.82) is 0 Å². The monoisotopic (exact) mass is 345 g/mol. The Balaban J connectivity index is 1.75. The predicted molar refractivity (Wildman–Crippen MR) is 96.1 cm³/mol. The van der Waals surface area contributed by atoms with Crippen molar-refractivity contribution in [3.63, 3.8) is 0 Å². The van der Waals surface area contributed by atoms with Crippen LogP contribution in [0.3, 0.4) is 0 Å². The third-order valence-corrected chi connectivity index (χ3v) is 3.62. The number of hydrogen-bond acceptors (Lipinski definition) is 5. The van der Waals surface area contributed by atoms with Crippen molar-refractivity contribution in [3.8, 4) is 0 Å². The molecular weight excluding hydrogens is 321 g/mol. The van der Waals surface area contributed by atoms with Gasteiger partial charge in [0.2, 0.25) is 5.95 Å². The molecule has 0 aliphatic rings. The number of nitrogens with one attached hydrogen (secondary N) is 2. The highest BCUT2D eigenvalue weighted by Crippen LogP contribution is 2.06. The zero-order valence-corrected chi connectivity index (χ0v) is 14.6. The molecule has 2 rings (SSSR count). The third kappa shape index (κ3) is 6.46. The van der Waals surface area contributed by atoms with Crippen LogP contribution >= 0.6 is 0 Å². The first kappa shape index (κ1) is 18.8. The maximum atomic E-state index is 13.5. The molecule has 2 N–H and O–H groups in total. The number of anilines is 1. The zero-order valence-electron chi connectivity index (χ0n) is 14.6. The van der Waals surface area contributed by atoms with Crippen LogP contribution in [-0.4, -0.2) is 54.5 Å². The zero-order chi connectivity index (χ0) is 18.1. The number of aromatic nitrogens is 2. The van der Waals surface area contributed by atoms with E-state index in [2.05, 4.69) is 25.5 Å². The number of nitrogens with zero attached hydrogens (tertiary/aromatic N) is 3. The molecular formula is C18H24FN5O. The van der Waals surface area contributed by atoms with Crippen LogP contribution in [0.5, 0.6) is 0 Å². The van der Waals surface area contributed by atoms with Gasteiger partial charge in [0.1, 0.15) is 5.82 Å². The summed E-state index contributed by atoms with van der Waals surface area (Å²) in [6.07, 6.45) is 4.39. The average Bonchev–Trinajstić information content (AvgIpc) is 2.60. The molecule has 6 nitrogen and oxygen atoms in total. The largest absolute Gasteiger partial charge is 0.354 e. The van der Waals surface area contributed by atoms with Crippen LogP contribution in [0.4, 0.5) is 10.3 Å². The summed E-state index contributed by atoms with van der Waals surface area (Å²) in [5.74, 6) is -0.0260. The summed E-state index contributed by atoms with van der Waals surface area (Å²) in [5.41, 5.74) is 0.962. The summed E-state index contributed by atoms with van der Waals surface area (Å²) in [6, 6.07) is 6.54.